The zero-order valence-corrected chi connectivity index (χ0v) is 21.5. The molecule has 0 unspecified atom stereocenters. The third-order valence-electron chi connectivity index (χ3n) is 6.31. The lowest BCUT2D eigenvalue weighted by Gasteiger charge is -2.46. The monoisotopic (exact) mass is 543 g/mol. The summed E-state index contributed by atoms with van der Waals surface area (Å²) >= 11 is 0. The highest BCUT2D eigenvalue weighted by Gasteiger charge is 2.36. The summed E-state index contributed by atoms with van der Waals surface area (Å²) < 4.78 is 6.32. The third-order valence-corrected chi connectivity index (χ3v) is 6.31. The van der Waals surface area contributed by atoms with Crippen LogP contribution in [0.4, 0.5) is 5.69 Å². The third kappa shape index (κ3) is 7.32. The number of esters is 1. The first-order valence-electron chi connectivity index (χ1n) is 11.0. The summed E-state index contributed by atoms with van der Waals surface area (Å²) in [7, 11) is 2.18. The Labute approximate surface area is 204 Å². The number of nitrogens with zero attached hydrogens (tertiary/aromatic N) is 3. The van der Waals surface area contributed by atoms with Crippen LogP contribution in [0.3, 0.4) is 0 Å². The summed E-state index contributed by atoms with van der Waals surface area (Å²) in [6.45, 7) is 12.4. The lowest BCUT2D eigenvalue weighted by atomic mass is 10.00. The second-order valence-corrected chi connectivity index (χ2v) is 10.0. The van der Waals surface area contributed by atoms with Crippen LogP contribution in [0, 0.1) is 5.41 Å². The highest BCUT2D eigenvalue weighted by atomic mass is 127. The molecule has 0 bridgehead atoms. The Morgan fingerprint density at radius 2 is 1.68 bits per heavy atom. The fourth-order valence-corrected chi connectivity index (χ4v) is 4.58. The van der Waals surface area contributed by atoms with Crippen LogP contribution in [0.1, 0.15) is 39.2 Å². The average molecular weight is 543 g/mol. The van der Waals surface area contributed by atoms with Gasteiger partial charge in [0.1, 0.15) is 11.4 Å². The van der Waals surface area contributed by atoms with Gasteiger partial charge in [-0.3, -0.25) is 10.3 Å². The highest BCUT2D eigenvalue weighted by molar-refractivity contribution is 5.95. The predicted octanol–water partition coefficient (Wildman–Crippen LogP) is -0.953. The van der Waals surface area contributed by atoms with E-state index in [0.29, 0.717) is 12.6 Å². The van der Waals surface area contributed by atoms with Gasteiger partial charge in [0.2, 0.25) is 0 Å². The molecule has 0 spiro atoms. The van der Waals surface area contributed by atoms with E-state index in [9.17, 15) is 4.79 Å². The molecule has 0 aromatic heterocycles. The Morgan fingerprint density at radius 1 is 1.13 bits per heavy atom. The molecule has 174 valence electrons. The Bertz CT molecular complexity index is 746. The van der Waals surface area contributed by atoms with E-state index < -0.39 is 5.60 Å². The first kappa shape index (κ1) is 25.9. The number of carbonyl (C=O) groups excluding carboxylic acids is 1. The van der Waals surface area contributed by atoms with Gasteiger partial charge in [0.25, 0.3) is 0 Å². The minimum Gasteiger partial charge on any atom is -1.00 e. The van der Waals surface area contributed by atoms with E-state index in [-0.39, 0.29) is 35.8 Å². The quantitative estimate of drug-likeness (QED) is 0.165. The first-order valence-corrected chi connectivity index (χ1v) is 11.0. The van der Waals surface area contributed by atoms with Crippen LogP contribution in [0.5, 0.6) is 0 Å². The number of likely N-dealkylation sites (N-methyl/N-ethyl adjacent to an activating group) is 1. The van der Waals surface area contributed by atoms with Crippen molar-refractivity contribution in [2.24, 2.45) is 5.73 Å². The average Bonchev–Trinajstić information content (AvgIpc) is 2.67. The van der Waals surface area contributed by atoms with Gasteiger partial charge >= 0.3 is 5.97 Å². The molecular weight excluding hydrogens is 505 g/mol. The number of benzene rings is 1. The maximum atomic E-state index is 12.3. The smallest absolute Gasteiger partial charge is 0.362 e. The van der Waals surface area contributed by atoms with Gasteiger partial charge in [0.05, 0.1) is 20.1 Å². The lowest BCUT2D eigenvalue weighted by Crippen LogP contribution is -3.00. The highest BCUT2D eigenvalue weighted by Crippen LogP contribution is 2.24. The summed E-state index contributed by atoms with van der Waals surface area (Å²) in [6, 6.07) is 8.58. The van der Waals surface area contributed by atoms with Gasteiger partial charge in [-0.2, -0.15) is 0 Å². The van der Waals surface area contributed by atoms with E-state index in [1.54, 1.807) is 0 Å². The van der Waals surface area contributed by atoms with Crippen molar-refractivity contribution in [2.45, 2.75) is 45.3 Å². The first-order chi connectivity index (χ1) is 14.0. The van der Waals surface area contributed by atoms with Crippen molar-refractivity contribution in [3.8, 4) is 0 Å². The van der Waals surface area contributed by atoms with Crippen LogP contribution in [0.25, 0.3) is 0 Å². The summed E-state index contributed by atoms with van der Waals surface area (Å²) in [4.78, 5) is 17.3. The van der Waals surface area contributed by atoms with E-state index in [4.69, 9.17) is 15.9 Å². The summed E-state index contributed by atoms with van der Waals surface area (Å²) in [5.74, 6) is 0.0218. The Kier molecular flexibility index (Phi) is 8.75. The number of hydrogen-bond donors (Lipinski definition) is 2. The number of hydrogen-bond acceptors (Lipinski definition) is 5. The fraction of sp³-hybridized carbons (Fsp3) is 0.652. The number of rotatable bonds is 5. The Morgan fingerprint density at radius 3 is 2.16 bits per heavy atom. The largest absolute Gasteiger partial charge is 1.00 e. The molecule has 1 aromatic carbocycles. The number of piperidine rings is 1. The van der Waals surface area contributed by atoms with E-state index >= 15 is 0 Å². The number of amidine groups is 1. The van der Waals surface area contributed by atoms with Crippen LogP contribution in [-0.2, 0) is 9.53 Å². The molecule has 0 radical (unpaired) electrons. The standard InChI is InChI=1S/C23H38N5O2.HI/c1-23(2,3)30-21(29)17-28(4)15-9-20(10-16-28)27-13-11-26(12-14-27)19-7-5-18(6-8-19)22(24)25;/h5-8,20H,9-17H2,1-4H3,(H3,24,25);1H/q+1;/p-1. The molecule has 7 nitrogen and oxygen atoms in total. The number of nitrogen functional groups attached to an aromatic ring is 1. The number of anilines is 1. The molecule has 3 rings (SSSR count). The van der Waals surface area contributed by atoms with Crippen LogP contribution in [-0.4, -0.2) is 85.7 Å². The number of likely N-dealkylation sites (tertiary alicyclic amines) is 1. The van der Waals surface area contributed by atoms with Gasteiger partial charge in [-0.15, -0.1) is 0 Å². The second-order valence-electron chi connectivity index (χ2n) is 10.0. The van der Waals surface area contributed by atoms with Crippen molar-refractivity contribution in [3.63, 3.8) is 0 Å². The van der Waals surface area contributed by atoms with E-state index in [1.165, 1.54) is 5.69 Å². The molecule has 0 aliphatic carbocycles. The summed E-state index contributed by atoms with van der Waals surface area (Å²) in [5, 5.41) is 7.52. The number of nitrogens with two attached hydrogens (primary N) is 1. The lowest BCUT2D eigenvalue weighted by molar-refractivity contribution is -0.907. The second kappa shape index (κ2) is 10.5. The summed E-state index contributed by atoms with van der Waals surface area (Å²) in [6.07, 6.45) is 2.26. The number of halogens is 1. The van der Waals surface area contributed by atoms with E-state index in [0.717, 1.165) is 62.2 Å². The zero-order valence-electron chi connectivity index (χ0n) is 19.4. The fourth-order valence-electron chi connectivity index (χ4n) is 4.58. The maximum absolute atomic E-state index is 12.3. The van der Waals surface area contributed by atoms with Gasteiger partial charge < -0.3 is 43.8 Å². The van der Waals surface area contributed by atoms with Gasteiger partial charge in [-0.05, 0) is 45.0 Å². The molecule has 8 heteroatoms. The minimum absolute atomic E-state index is 0. The minimum atomic E-state index is -0.416. The van der Waals surface area contributed by atoms with Gasteiger partial charge in [-0.25, -0.2) is 4.79 Å². The van der Waals surface area contributed by atoms with Crippen LogP contribution in [0.15, 0.2) is 24.3 Å². The molecule has 0 saturated carbocycles. The van der Waals surface area contributed by atoms with Crippen molar-refractivity contribution in [2.75, 3.05) is 57.8 Å². The van der Waals surface area contributed by atoms with Crippen molar-refractivity contribution in [3.05, 3.63) is 29.8 Å². The molecule has 1 aromatic rings. The Balaban J connectivity index is 0.00000341. The van der Waals surface area contributed by atoms with Crippen molar-refractivity contribution in [1.29, 1.82) is 5.41 Å². The van der Waals surface area contributed by atoms with Gasteiger partial charge in [0, 0.05) is 56.3 Å². The van der Waals surface area contributed by atoms with Crippen molar-refractivity contribution in [1.82, 2.24) is 4.90 Å². The van der Waals surface area contributed by atoms with Gasteiger partial charge in [0.15, 0.2) is 6.54 Å². The molecule has 0 amide bonds. The molecule has 2 heterocycles. The SMILES string of the molecule is CC(C)(C)OC(=O)C[N+]1(C)CCC(N2CCN(c3ccc(C(=N)N)cc3)CC2)CC1.[I-]. The molecule has 3 N–H and O–H groups in total. The zero-order chi connectivity index (χ0) is 21.9. The van der Waals surface area contributed by atoms with Crippen molar-refractivity contribution < 1.29 is 38.0 Å². The van der Waals surface area contributed by atoms with Gasteiger partial charge in [-0.1, -0.05) is 0 Å². The molecule has 2 aliphatic rings. The van der Waals surface area contributed by atoms with Crippen molar-refractivity contribution >= 4 is 17.5 Å². The number of ether oxygens (including phenoxy) is 1. The molecule has 2 aliphatic heterocycles. The topological polar surface area (TPSA) is 82.7 Å². The number of carbonyl (C=O) groups is 1. The van der Waals surface area contributed by atoms with Crippen LogP contribution < -0.4 is 34.6 Å². The van der Waals surface area contributed by atoms with E-state index in [2.05, 4.69) is 29.0 Å². The predicted molar refractivity (Wildman–Crippen MR) is 121 cm³/mol. The molecule has 31 heavy (non-hydrogen) atoms. The maximum Gasteiger partial charge on any atom is 0.362 e. The molecule has 2 fully saturated rings. The normalized spacial score (nSPS) is 24.9. The number of nitrogens with one attached hydrogen (secondary N) is 1. The van der Waals surface area contributed by atoms with Crippen LogP contribution >= 0.6 is 0 Å². The van der Waals surface area contributed by atoms with E-state index in [1.807, 2.05) is 32.9 Å². The molecule has 0 atom stereocenters. The molecular formula is C23H38IN5O2. The summed E-state index contributed by atoms with van der Waals surface area (Å²) in [5.41, 5.74) is 7.11. The van der Waals surface area contributed by atoms with Crippen LogP contribution in [0.2, 0.25) is 0 Å². The number of piperazine rings is 1. The number of quaternary nitrogens is 1. The Hall–Kier alpha value is -1.39. The molecule has 2 saturated heterocycles.